The normalized spacial score (nSPS) is 22.4. The van der Waals surface area contributed by atoms with Crippen LogP contribution in [-0.4, -0.2) is 24.5 Å². The van der Waals surface area contributed by atoms with Crippen molar-refractivity contribution in [3.05, 3.63) is 34.4 Å². The van der Waals surface area contributed by atoms with Crippen LogP contribution < -0.4 is 10.2 Å². The maximum atomic E-state index is 12.6. The number of benzene rings is 1. The van der Waals surface area contributed by atoms with Gasteiger partial charge in [-0.15, -0.1) is 0 Å². The van der Waals surface area contributed by atoms with Crippen molar-refractivity contribution in [1.29, 1.82) is 5.26 Å². The molecule has 0 radical (unpaired) electrons. The van der Waals surface area contributed by atoms with Gasteiger partial charge in [-0.25, -0.2) is 0 Å². The van der Waals surface area contributed by atoms with Crippen molar-refractivity contribution < 1.29 is 4.79 Å². The van der Waals surface area contributed by atoms with Gasteiger partial charge in [0.2, 0.25) is 0 Å². The van der Waals surface area contributed by atoms with E-state index >= 15 is 0 Å². The number of nitriles is 1. The Kier molecular flexibility index (Phi) is 5.84. The summed E-state index contributed by atoms with van der Waals surface area (Å²) in [6, 6.07) is 6.70. The lowest BCUT2D eigenvalue weighted by atomic mass is 9.79. The molecule has 4 heteroatoms. The summed E-state index contributed by atoms with van der Waals surface area (Å²) in [4.78, 5) is 15.0. The molecule has 0 bridgehead atoms. The largest absolute Gasteiger partial charge is 0.369 e. The molecule has 1 fully saturated rings. The van der Waals surface area contributed by atoms with Gasteiger partial charge in [0.05, 0.1) is 0 Å². The summed E-state index contributed by atoms with van der Waals surface area (Å²) in [5.74, 6) is 0.202. The maximum Gasteiger partial charge on any atom is 0.262 e. The van der Waals surface area contributed by atoms with Gasteiger partial charge >= 0.3 is 0 Å². The van der Waals surface area contributed by atoms with E-state index in [0.29, 0.717) is 5.92 Å². The molecule has 1 unspecified atom stereocenters. The van der Waals surface area contributed by atoms with Crippen molar-refractivity contribution in [2.45, 2.75) is 83.7 Å². The van der Waals surface area contributed by atoms with E-state index < -0.39 is 0 Å². The zero-order valence-electron chi connectivity index (χ0n) is 17.9. The minimum Gasteiger partial charge on any atom is -0.369 e. The van der Waals surface area contributed by atoms with Crippen molar-refractivity contribution in [2.75, 3.05) is 11.9 Å². The molecule has 4 nitrogen and oxygen atoms in total. The molecule has 1 amide bonds. The molecule has 150 valence electrons. The zero-order valence-corrected chi connectivity index (χ0v) is 17.9. The molecule has 3 rings (SSSR count). The van der Waals surface area contributed by atoms with Gasteiger partial charge in [0.15, 0.2) is 0 Å². The van der Waals surface area contributed by atoms with Gasteiger partial charge in [0.25, 0.3) is 5.91 Å². The molecule has 1 saturated carbocycles. The molecule has 28 heavy (non-hydrogen) atoms. The number of aryl methyl sites for hydroxylation is 1. The number of rotatable bonds is 3. The Morgan fingerprint density at radius 1 is 1.29 bits per heavy atom. The molecule has 0 spiro atoms. The van der Waals surface area contributed by atoms with Gasteiger partial charge in [0.1, 0.15) is 11.6 Å². The molecule has 0 aromatic heterocycles. The van der Waals surface area contributed by atoms with Crippen LogP contribution in [0.5, 0.6) is 0 Å². The fourth-order valence-corrected chi connectivity index (χ4v) is 4.70. The van der Waals surface area contributed by atoms with Crippen molar-refractivity contribution in [3.63, 3.8) is 0 Å². The lowest BCUT2D eigenvalue weighted by Crippen LogP contribution is -2.45. The van der Waals surface area contributed by atoms with Crippen molar-refractivity contribution in [1.82, 2.24) is 5.32 Å². The molecule has 1 heterocycles. The highest BCUT2D eigenvalue weighted by molar-refractivity contribution is 6.02. The number of amides is 1. The third-order valence-corrected chi connectivity index (χ3v) is 6.63. The molecule has 1 aromatic rings. The van der Waals surface area contributed by atoms with E-state index in [9.17, 15) is 10.1 Å². The van der Waals surface area contributed by atoms with Crippen LogP contribution in [0.2, 0.25) is 0 Å². The van der Waals surface area contributed by atoms with Gasteiger partial charge in [-0.2, -0.15) is 5.26 Å². The van der Waals surface area contributed by atoms with E-state index in [2.05, 4.69) is 63.2 Å². The average molecular weight is 380 g/mol. The summed E-state index contributed by atoms with van der Waals surface area (Å²) >= 11 is 0. The maximum absolute atomic E-state index is 12.6. The highest BCUT2D eigenvalue weighted by Gasteiger charge is 2.34. The second-order valence-electron chi connectivity index (χ2n) is 9.22. The molecule has 1 atom stereocenters. The lowest BCUT2D eigenvalue weighted by molar-refractivity contribution is -0.117. The SMILES string of the molecule is Cc1cc2c(cc1/C=C(/C#N)C(=O)NC1CCCCC1)C(C)CC(C)(C)N2C. The summed E-state index contributed by atoms with van der Waals surface area (Å²) in [6.45, 7) is 8.87. The molecule has 2 aliphatic rings. The first-order valence-electron chi connectivity index (χ1n) is 10.5. The Morgan fingerprint density at radius 2 is 1.96 bits per heavy atom. The fourth-order valence-electron chi connectivity index (χ4n) is 4.70. The second kappa shape index (κ2) is 7.99. The fraction of sp³-hybridized carbons (Fsp3) is 0.583. The molecule has 1 aliphatic heterocycles. The predicted molar refractivity (Wildman–Crippen MR) is 115 cm³/mol. The van der Waals surface area contributed by atoms with Gasteiger partial charge in [-0.05, 0) is 80.9 Å². The molecule has 1 N–H and O–H groups in total. The third kappa shape index (κ3) is 4.09. The summed E-state index contributed by atoms with van der Waals surface area (Å²) < 4.78 is 0. The summed E-state index contributed by atoms with van der Waals surface area (Å²) in [5, 5.41) is 12.7. The van der Waals surface area contributed by atoms with Crippen molar-refractivity contribution in [3.8, 4) is 6.07 Å². The molecule has 1 aliphatic carbocycles. The number of carbonyl (C=O) groups excluding carboxylic acids is 1. The standard InChI is InChI=1S/C24H33N3O/c1-16-11-22-21(17(2)14-24(3,4)27(22)5)13-18(16)12-19(15-25)23(28)26-20-9-7-6-8-10-20/h11-13,17,20H,6-10,14H2,1-5H3,(H,26,28)/b19-12-. The highest BCUT2D eigenvalue weighted by Crippen LogP contribution is 2.43. The van der Waals surface area contributed by atoms with E-state index in [1.165, 1.54) is 17.7 Å². The number of nitrogens with one attached hydrogen (secondary N) is 1. The zero-order chi connectivity index (χ0) is 20.5. The van der Waals surface area contributed by atoms with Crippen molar-refractivity contribution >= 4 is 17.7 Å². The summed E-state index contributed by atoms with van der Waals surface area (Å²) in [5.41, 5.74) is 4.93. The van der Waals surface area contributed by atoms with Crippen LogP contribution in [0.4, 0.5) is 5.69 Å². The highest BCUT2D eigenvalue weighted by atomic mass is 16.1. The quantitative estimate of drug-likeness (QED) is 0.589. The van der Waals surface area contributed by atoms with Gasteiger partial charge in [-0.3, -0.25) is 4.79 Å². The predicted octanol–water partition coefficient (Wildman–Crippen LogP) is 5.07. The first-order chi connectivity index (χ1) is 13.2. The Bertz CT molecular complexity index is 825. The van der Waals surface area contributed by atoms with Gasteiger partial charge in [0, 0.05) is 24.3 Å². The van der Waals surface area contributed by atoms with E-state index in [1.54, 1.807) is 6.08 Å². The molecule has 1 aromatic carbocycles. The average Bonchev–Trinajstić information content (AvgIpc) is 2.65. The monoisotopic (exact) mass is 379 g/mol. The number of fused-ring (bicyclic) bond motifs is 1. The lowest BCUT2D eigenvalue weighted by Gasteiger charge is -2.45. The summed E-state index contributed by atoms with van der Waals surface area (Å²) in [6.07, 6.45) is 8.43. The van der Waals surface area contributed by atoms with Crippen LogP contribution in [0.25, 0.3) is 6.08 Å². The summed E-state index contributed by atoms with van der Waals surface area (Å²) in [7, 11) is 2.15. The third-order valence-electron chi connectivity index (χ3n) is 6.63. The van der Waals surface area contributed by atoms with E-state index in [1.807, 2.05) is 0 Å². The van der Waals surface area contributed by atoms with Crippen LogP contribution in [0.1, 0.15) is 81.9 Å². The van der Waals surface area contributed by atoms with Gasteiger partial charge < -0.3 is 10.2 Å². The van der Waals surface area contributed by atoms with Crippen LogP contribution >= 0.6 is 0 Å². The topological polar surface area (TPSA) is 56.1 Å². The van der Waals surface area contributed by atoms with E-state index in [4.69, 9.17) is 0 Å². The minimum absolute atomic E-state index is 0.119. The Labute approximate surface area is 169 Å². The number of hydrogen-bond donors (Lipinski definition) is 1. The number of nitrogens with zero attached hydrogens (tertiary/aromatic N) is 2. The Hall–Kier alpha value is -2.28. The second-order valence-corrected chi connectivity index (χ2v) is 9.22. The number of carbonyl (C=O) groups is 1. The van der Waals surface area contributed by atoms with Crippen molar-refractivity contribution in [2.24, 2.45) is 0 Å². The first kappa shape index (κ1) is 20.5. The Balaban J connectivity index is 1.89. The number of hydrogen-bond acceptors (Lipinski definition) is 3. The van der Waals surface area contributed by atoms with Crippen LogP contribution in [0.15, 0.2) is 17.7 Å². The van der Waals surface area contributed by atoms with Crippen LogP contribution in [-0.2, 0) is 4.79 Å². The smallest absolute Gasteiger partial charge is 0.262 e. The molecular weight excluding hydrogens is 346 g/mol. The van der Waals surface area contributed by atoms with Crippen LogP contribution in [0.3, 0.4) is 0 Å². The van der Waals surface area contributed by atoms with E-state index in [0.717, 1.165) is 43.2 Å². The van der Waals surface area contributed by atoms with Gasteiger partial charge in [-0.1, -0.05) is 26.2 Å². The molecule has 0 saturated heterocycles. The number of anilines is 1. The molecular formula is C24H33N3O. The van der Waals surface area contributed by atoms with E-state index in [-0.39, 0.29) is 23.1 Å². The van der Waals surface area contributed by atoms with Crippen LogP contribution in [0, 0.1) is 18.3 Å². The minimum atomic E-state index is -0.238. The first-order valence-corrected chi connectivity index (χ1v) is 10.5. The Morgan fingerprint density at radius 3 is 2.61 bits per heavy atom.